The number of amides is 5. The van der Waals surface area contributed by atoms with E-state index in [1.807, 2.05) is 41.3 Å². The quantitative estimate of drug-likeness (QED) is 0.0586. The van der Waals surface area contributed by atoms with Crippen molar-refractivity contribution in [3.63, 3.8) is 0 Å². The monoisotopic (exact) mass is 874 g/mol. The third-order valence-corrected chi connectivity index (χ3v) is 13.8. The molecule has 3 heterocycles. The van der Waals surface area contributed by atoms with Crippen LogP contribution in [0.4, 0.5) is 10.8 Å². The van der Waals surface area contributed by atoms with Gasteiger partial charge in [0.05, 0.1) is 30.5 Å². The van der Waals surface area contributed by atoms with E-state index in [4.69, 9.17) is 14.1 Å². The zero-order valence-electron chi connectivity index (χ0n) is 37.6. The van der Waals surface area contributed by atoms with Crippen LogP contribution in [0.2, 0.25) is 0 Å². The molecule has 0 bridgehead atoms. The molecule has 4 aliphatic rings. The first-order chi connectivity index (χ1) is 31.3. The Labute approximate surface area is 377 Å². The zero-order chi connectivity index (χ0) is 44.4. The van der Waals surface area contributed by atoms with Gasteiger partial charge in [0.25, 0.3) is 11.9 Å². The standard InChI is InChI=1S/C51H67N7O6/c1-3-4-5-6-7-8-9-10-11-12-19-26-52-50(62)55-44-32-58(33-46(44)63-2)51-56-43-27-36(24-25-45(43)64-51)49(61)57-30-39(47(59)53-41-28-37(41)34-20-15-13-16-21-34)40(31-57)48(60)54-42-29-38(42)35-22-17-14-18-23-35/h13-18,20-25,27,37-42,44,46H,3-12,19,26,28-33H2,1-2H3,(H,53,59)(H,54,60)(H2,52,55,62)/t37-,38-,39-,40-,41+,42?,44+,46+/m1/s1. The fourth-order valence-electron chi connectivity index (χ4n) is 9.81. The number of nitrogens with one attached hydrogen (secondary N) is 4. The molecule has 4 aromatic rings. The Bertz CT molecular complexity index is 2110. The molecule has 1 unspecified atom stereocenters. The number of benzene rings is 3. The number of likely N-dealkylation sites (tertiary alicyclic amines) is 1. The highest BCUT2D eigenvalue weighted by molar-refractivity contribution is 5.99. The van der Waals surface area contributed by atoms with Gasteiger partial charge < -0.3 is 40.2 Å². The molecule has 3 aromatic carbocycles. The second kappa shape index (κ2) is 21.5. The van der Waals surface area contributed by atoms with E-state index in [1.54, 1.807) is 30.2 Å². The van der Waals surface area contributed by atoms with Crippen molar-refractivity contribution in [1.29, 1.82) is 0 Å². The molecule has 13 heteroatoms. The summed E-state index contributed by atoms with van der Waals surface area (Å²) in [6.45, 7) is 4.07. The average Bonchev–Trinajstić information content (AvgIpc) is 4.07. The molecule has 0 spiro atoms. The largest absolute Gasteiger partial charge is 0.423 e. The Morgan fingerprint density at radius 2 is 1.23 bits per heavy atom. The number of anilines is 1. The number of unbranched alkanes of at least 4 members (excludes halogenated alkanes) is 10. The molecule has 2 aliphatic carbocycles. The van der Waals surface area contributed by atoms with E-state index in [0.29, 0.717) is 42.3 Å². The van der Waals surface area contributed by atoms with Crippen LogP contribution in [0.25, 0.3) is 11.1 Å². The topological polar surface area (TPSA) is 158 Å². The van der Waals surface area contributed by atoms with Crippen molar-refractivity contribution in [3.8, 4) is 0 Å². The highest BCUT2D eigenvalue weighted by atomic mass is 16.5. The minimum Gasteiger partial charge on any atom is -0.423 e. The highest BCUT2D eigenvalue weighted by Crippen LogP contribution is 2.43. The lowest BCUT2D eigenvalue weighted by Gasteiger charge is -2.18. The minimum absolute atomic E-state index is 0.0000727. The maximum absolute atomic E-state index is 14.2. The molecule has 13 nitrogen and oxygen atoms in total. The summed E-state index contributed by atoms with van der Waals surface area (Å²) in [7, 11) is 1.64. The van der Waals surface area contributed by atoms with Crippen molar-refractivity contribution in [2.75, 3.05) is 44.7 Å². The second-order valence-electron chi connectivity index (χ2n) is 18.6. The lowest BCUT2D eigenvalue weighted by Crippen LogP contribution is -2.48. The Morgan fingerprint density at radius 3 is 1.80 bits per heavy atom. The van der Waals surface area contributed by atoms with Gasteiger partial charge in [0, 0.05) is 62.8 Å². The maximum atomic E-state index is 14.2. The van der Waals surface area contributed by atoms with E-state index < -0.39 is 11.8 Å². The zero-order valence-corrected chi connectivity index (χ0v) is 37.6. The van der Waals surface area contributed by atoms with Gasteiger partial charge in [-0.05, 0) is 48.6 Å². The van der Waals surface area contributed by atoms with Crippen LogP contribution in [0.5, 0.6) is 0 Å². The lowest BCUT2D eigenvalue weighted by atomic mass is 9.94. The summed E-state index contributed by atoms with van der Waals surface area (Å²) in [5, 5.41) is 12.5. The van der Waals surface area contributed by atoms with E-state index in [2.05, 4.69) is 52.5 Å². The van der Waals surface area contributed by atoms with Crippen LogP contribution in [0.15, 0.2) is 83.3 Å². The van der Waals surface area contributed by atoms with Crippen molar-refractivity contribution < 1.29 is 28.3 Å². The number of carbonyl (C=O) groups is 4. The molecule has 2 aliphatic heterocycles. The normalized spacial score (nSPS) is 24.7. The van der Waals surface area contributed by atoms with Gasteiger partial charge in [0.2, 0.25) is 11.8 Å². The van der Waals surface area contributed by atoms with E-state index in [-0.39, 0.29) is 72.9 Å². The number of methoxy groups -OCH3 is 1. The number of rotatable bonds is 22. The van der Waals surface area contributed by atoms with Crippen LogP contribution >= 0.6 is 0 Å². The SMILES string of the molecule is CCCCCCCCCCCCCNC(=O)N[C@H]1CN(c2nc3cc(C(=O)N4C[C@@H](C(=O)NC5C[C@@H]5c5ccccc5)[C@H](C(=O)N[C@H]5C[C@@H]5c5ccccc5)C4)ccc3o2)C[C@@H]1OC. The van der Waals surface area contributed by atoms with Crippen molar-refractivity contribution >= 4 is 40.9 Å². The van der Waals surface area contributed by atoms with Crippen LogP contribution in [0.1, 0.15) is 124 Å². The Hall–Kier alpha value is -5.43. The molecule has 1 aromatic heterocycles. The second-order valence-corrected chi connectivity index (χ2v) is 18.6. The molecular weight excluding hydrogens is 807 g/mol. The van der Waals surface area contributed by atoms with Crippen LogP contribution in [0.3, 0.4) is 0 Å². The van der Waals surface area contributed by atoms with Gasteiger partial charge in [0.15, 0.2) is 5.58 Å². The van der Waals surface area contributed by atoms with Crippen molar-refractivity contribution in [2.24, 2.45) is 11.8 Å². The molecule has 64 heavy (non-hydrogen) atoms. The Balaban J connectivity index is 0.843. The number of carbonyl (C=O) groups excluding carboxylic acids is 4. The number of aromatic nitrogens is 1. The molecule has 342 valence electrons. The number of ether oxygens (including phenoxy) is 1. The van der Waals surface area contributed by atoms with Crippen molar-refractivity contribution in [3.05, 3.63) is 95.6 Å². The molecule has 4 fully saturated rings. The van der Waals surface area contributed by atoms with Gasteiger partial charge in [-0.2, -0.15) is 4.98 Å². The molecule has 8 atom stereocenters. The summed E-state index contributed by atoms with van der Waals surface area (Å²) < 4.78 is 11.9. The van der Waals surface area contributed by atoms with Crippen LogP contribution in [-0.2, 0) is 14.3 Å². The molecule has 2 saturated carbocycles. The molecular formula is C51H67N7O6. The fraction of sp³-hybridized carbons (Fsp3) is 0.549. The van der Waals surface area contributed by atoms with E-state index in [0.717, 1.165) is 25.7 Å². The van der Waals surface area contributed by atoms with Gasteiger partial charge in [0.1, 0.15) is 5.52 Å². The van der Waals surface area contributed by atoms with Gasteiger partial charge in [-0.15, -0.1) is 0 Å². The fourth-order valence-corrected chi connectivity index (χ4v) is 9.81. The number of urea groups is 1. The Morgan fingerprint density at radius 1 is 0.672 bits per heavy atom. The predicted octanol–water partition coefficient (Wildman–Crippen LogP) is 7.67. The third-order valence-electron chi connectivity index (χ3n) is 13.8. The molecule has 8 rings (SSSR count). The predicted molar refractivity (Wildman–Crippen MR) is 248 cm³/mol. The summed E-state index contributed by atoms with van der Waals surface area (Å²) >= 11 is 0. The summed E-state index contributed by atoms with van der Waals surface area (Å²) in [5.74, 6) is -1.55. The van der Waals surface area contributed by atoms with E-state index in [1.165, 1.54) is 68.9 Å². The molecule has 0 radical (unpaired) electrons. The summed E-state index contributed by atoms with van der Waals surface area (Å²) in [6.07, 6.45) is 15.3. The first-order valence-electron chi connectivity index (χ1n) is 24.0. The smallest absolute Gasteiger partial charge is 0.315 e. The number of hydrogen-bond donors (Lipinski definition) is 4. The van der Waals surface area contributed by atoms with Gasteiger partial charge in [-0.1, -0.05) is 132 Å². The third kappa shape index (κ3) is 11.4. The van der Waals surface area contributed by atoms with Gasteiger partial charge in [-0.3, -0.25) is 14.4 Å². The summed E-state index contributed by atoms with van der Waals surface area (Å²) in [4.78, 5) is 63.3. The molecule has 2 saturated heterocycles. The molecule has 4 N–H and O–H groups in total. The number of nitrogens with zero attached hydrogens (tertiary/aromatic N) is 3. The van der Waals surface area contributed by atoms with Gasteiger partial charge >= 0.3 is 6.03 Å². The number of fused-ring (bicyclic) bond motifs is 1. The number of oxazole rings is 1. The van der Waals surface area contributed by atoms with E-state index >= 15 is 0 Å². The summed E-state index contributed by atoms with van der Waals surface area (Å²) in [5.41, 5.74) is 3.80. The van der Waals surface area contributed by atoms with Crippen LogP contribution < -0.4 is 26.2 Å². The first-order valence-corrected chi connectivity index (χ1v) is 24.0. The summed E-state index contributed by atoms with van der Waals surface area (Å²) in [6, 6.07) is 25.3. The Kier molecular flexibility index (Phi) is 15.2. The maximum Gasteiger partial charge on any atom is 0.315 e. The lowest BCUT2D eigenvalue weighted by molar-refractivity contribution is -0.133. The highest BCUT2D eigenvalue weighted by Gasteiger charge is 2.49. The minimum atomic E-state index is -0.686. The number of hydrogen-bond acceptors (Lipinski definition) is 8. The van der Waals surface area contributed by atoms with Crippen LogP contribution in [-0.4, -0.2) is 97.7 Å². The van der Waals surface area contributed by atoms with Crippen molar-refractivity contribution in [2.45, 2.75) is 126 Å². The van der Waals surface area contributed by atoms with E-state index in [9.17, 15) is 19.2 Å². The molecule has 5 amide bonds. The average molecular weight is 874 g/mol. The van der Waals surface area contributed by atoms with Crippen LogP contribution in [0, 0.1) is 11.8 Å². The first kappa shape index (κ1) is 45.1. The van der Waals surface area contributed by atoms with Gasteiger partial charge in [-0.25, -0.2) is 4.79 Å². The van der Waals surface area contributed by atoms with Crippen molar-refractivity contribution in [1.82, 2.24) is 31.2 Å².